The predicted octanol–water partition coefficient (Wildman–Crippen LogP) is 2.91. The van der Waals surface area contributed by atoms with Crippen LogP contribution in [0.15, 0.2) is 42.5 Å². The third-order valence-electron chi connectivity index (χ3n) is 5.90. The van der Waals surface area contributed by atoms with Crippen LogP contribution in [0.4, 0.5) is 4.39 Å². The molecule has 1 saturated carbocycles. The predicted molar refractivity (Wildman–Crippen MR) is 115 cm³/mol. The van der Waals surface area contributed by atoms with Gasteiger partial charge in [-0.1, -0.05) is 25.3 Å². The van der Waals surface area contributed by atoms with Crippen molar-refractivity contribution in [1.82, 2.24) is 15.5 Å². The average molecular weight is 437 g/mol. The minimum Gasteiger partial charge on any atom is -0.350 e. The number of carbonyl (C=O) groups is 4. The molecule has 0 aromatic heterocycles. The van der Waals surface area contributed by atoms with E-state index in [2.05, 4.69) is 10.6 Å². The number of carbonyl (C=O) groups excluding carboxylic acids is 4. The highest BCUT2D eigenvalue weighted by atomic mass is 19.1. The molecule has 0 spiro atoms. The van der Waals surface area contributed by atoms with Crippen molar-refractivity contribution in [2.75, 3.05) is 13.1 Å². The Morgan fingerprint density at radius 3 is 2.12 bits per heavy atom. The summed E-state index contributed by atoms with van der Waals surface area (Å²) in [5, 5.41) is 5.28. The molecule has 7 nitrogen and oxygen atoms in total. The molecule has 1 heterocycles. The maximum atomic E-state index is 13.2. The van der Waals surface area contributed by atoms with E-state index in [4.69, 9.17) is 0 Å². The van der Waals surface area contributed by atoms with Crippen LogP contribution in [0, 0.1) is 5.82 Å². The lowest BCUT2D eigenvalue weighted by Crippen LogP contribution is -2.40. The summed E-state index contributed by atoms with van der Waals surface area (Å²) in [7, 11) is 0. The van der Waals surface area contributed by atoms with Crippen molar-refractivity contribution in [3.8, 4) is 0 Å². The van der Waals surface area contributed by atoms with Crippen LogP contribution in [0.2, 0.25) is 0 Å². The number of nitrogens with one attached hydrogen (secondary N) is 2. The molecule has 2 aromatic rings. The zero-order valence-corrected chi connectivity index (χ0v) is 17.5. The minimum absolute atomic E-state index is 0.0740. The first-order chi connectivity index (χ1) is 15.5. The Hall–Kier alpha value is -3.55. The van der Waals surface area contributed by atoms with Crippen molar-refractivity contribution in [3.05, 3.63) is 70.5 Å². The number of amides is 4. The first-order valence-electron chi connectivity index (χ1n) is 10.8. The second kappa shape index (κ2) is 9.30. The SMILES string of the molecule is O=C(NCCNC(=O)c1ccc2c(c1)C(=O)N(C1CCCCC1)C2=O)c1cccc(F)c1. The fraction of sp³-hybridized carbons (Fsp3) is 0.333. The first-order valence-corrected chi connectivity index (χ1v) is 10.8. The second-order valence-electron chi connectivity index (χ2n) is 8.05. The Bertz CT molecular complexity index is 1080. The summed E-state index contributed by atoms with van der Waals surface area (Å²) in [6.07, 6.45) is 4.76. The molecule has 0 atom stereocenters. The summed E-state index contributed by atoms with van der Waals surface area (Å²) in [6, 6.07) is 9.76. The summed E-state index contributed by atoms with van der Waals surface area (Å²) in [4.78, 5) is 51.5. The third kappa shape index (κ3) is 4.39. The smallest absolute Gasteiger partial charge is 0.261 e. The monoisotopic (exact) mass is 437 g/mol. The molecule has 8 heteroatoms. The van der Waals surface area contributed by atoms with Crippen molar-refractivity contribution in [2.24, 2.45) is 0 Å². The largest absolute Gasteiger partial charge is 0.350 e. The summed E-state index contributed by atoms with van der Waals surface area (Å²) in [6.45, 7) is 0.303. The molecule has 0 unspecified atom stereocenters. The Labute approximate surface area is 185 Å². The van der Waals surface area contributed by atoms with E-state index in [9.17, 15) is 23.6 Å². The molecule has 2 N–H and O–H groups in total. The van der Waals surface area contributed by atoms with Crippen molar-refractivity contribution < 1.29 is 23.6 Å². The lowest BCUT2D eigenvalue weighted by atomic mass is 9.94. The maximum absolute atomic E-state index is 13.2. The maximum Gasteiger partial charge on any atom is 0.261 e. The molecule has 32 heavy (non-hydrogen) atoms. The molecule has 2 aliphatic rings. The van der Waals surface area contributed by atoms with Crippen LogP contribution in [-0.2, 0) is 0 Å². The van der Waals surface area contributed by atoms with Gasteiger partial charge in [0.2, 0.25) is 0 Å². The number of benzene rings is 2. The molecule has 4 amide bonds. The van der Waals surface area contributed by atoms with Gasteiger partial charge in [-0.3, -0.25) is 24.1 Å². The number of hydrogen-bond donors (Lipinski definition) is 2. The van der Waals surface area contributed by atoms with Gasteiger partial charge < -0.3 is 10.6 Å². The van der Waals surface area contributed by atoms with E-state index in [0.29, 0.717) is 5.56 Å². The number of imide groups is 1. The third-order valence-corrected chi connectivity index (χ3v) is 5.90. The molecule has 0 saturated heterocycles. The van der Waals surface area contributed by atoms with Gasteiger partial charge in [0.05, 0.1) is 11.1 Å². The van der Waals surface area contributed by atoms with Gasteiger partial charge in [-0.05, 0) is 49.2 Å². The molecule has 2 aromatic carbocycles. The average Bonchev–Trinajstić information content (AvgIpc) is 3.06. The molecule has 0 radical (unpaired) electrons. The van der Waals surface area contributed by atoms with Gasteiger partial charge in [-0.2, -0.15) is 0 Å². The van der Waals surface area contributed by atoms with E-state index in [1.165, 1.54) is 41.3 Å². The van der Waals surface area contributed by atoms with E-state index in [1.807, 2.05) is 0 Å². The number of halogens is 1. The summed E-state index contributed by atoms with van der Waals surface area (Å²) in [5.41, 5.74) is 1.06. The van der Waals surface area contributed by atoms with E-state index < -0.39 is 17.6 Å². The van der Waals surface area contributed by atoms with Crippen LogP contribution < -0.4 is 10.6 Å². The summed E-state index contributed by atoms with van der Waals surface area (Å²) >= 11 is 0. The lowest BCUT2D eigenvalue weighted by Gasteiger charge is -2.29. The minimum atomic E-state index is -0.502. The Morgan fingerprint density at radius 1 is 0.844 bits per heavy atom. The van der Waals surface area contributed by atoms with Crippen molar-refractivity contribution in [1.29, 1.82) is 0 Å². The van der Waals surface area contributed by atoms with Gasteiger partial charge in [0, 0.05) is 30.3 Å². The van der Waals surface area contributed by atoms with Gasteiger partial charge in [-0.15, -0.1) is 0 Å². The fourth-order valence-corrected chi connectivity index (χ4v) is 4.26. The zero-order chi connectivity index (χ0) is 22.7. The van der Waals surface area contributed by atoms with Crippen LogP contribution in [0.5, 0.6) is 0 Å². The van der Waals surface area contributed by atoms with E-state index in [-0.39, 0.29) is 47.6 Å². The molecule has 1 fully saturated rings. The molecule has 1 aliphatic carbocycles. The van der Waals surface area contributed by atoms with Crippen molar-refractivity contribution in [3.63, 3.8) is 0 Å². The molecule has 166 valence electrons. The van der Waals surface area contributed by atoms with Gasteiger partial charge >= 0.3 is 0 Å². The van der Waals surface area contributed by atoms with Crippen LogP contribution in [0.25, 0.3) is 0 Å². The standard InChI is InChI=1S/C24H24FN3O4/c25-17-6-4-5-15(13-17)21(29)26-11-12-27-22(30)16-9-10-19-20(14-16)24(32)28(23(19)31)18-7-2-1-3-8-18/h4-6,9-10,13-14,18H,1-3,7-8,11-12H2,(H,26,29)(H,27,30). The molecular weight excluding hydrogens is 413 g/mol. The Balaban J connectivity index is 1.34. The van der Waals surface area contributed by atoms with E-state index in [1.54, 1.807) is 0 Å². The number of rotatable bonds is 6. The first kappa shape index (κ1) is 21.7. The highest BCUT2D eigenvalue weighted by molar-refractivity contribution is 6.22. The molecule has 0 bridgehead atoms. The highest BCUT2D eigenvalue weighted by Gasteiger charge is 2.40. The second-order valence-corrected chi connectivity index (χ2v) is 8.05. The number of fused-ring (bicyclic) bond motifs is 1. The van der Waals surface area contributed by atoms with E-state index >= 15 is 0 Å². The lowest BCUT2D eigenvalue weighted by molar-refractivity contribution is 0.0548. The molecular formula is C24H24FN3O4. The van der Waals surface area contributed by atoms with Crippen LogP contribution in [0.3, 0.4) is 0 Å². The Morgan fingerprint density at radius 2 is 1.47 bits per heavy atom. The number of hydrogen-bond acceptors (Lipinski definition) is 4. The quantitative estimate of drug-likeness (QED) is 0.537. The number of nitrogens with zero attached hydrogens (tertiary/aromatic N) is 1. The normalized spacial score (nSPS) is 16.1. The van der Waals surface area contributed by atoms with Gasteiger partial charge in [0.15, 0.2) is 0 Å². The molecule has 1 aliphatic heterocycles. The summed E-state index contributed by atoms with van der Waals surface area (Å²) in [5.74, 6) is -1.98. The zero-order valence-electron chi connectivity index (χ0n) is 17.5. The van der Waals surface area contributed by atoms with Crippen LogP contribution >= 0.6 is 0 Å². The van der Waals surface area contributed by atoms with Gasteiger partial charge in [0.25, 0.3) is 23.6 Å². The Kier molecular flexibility index (Phi) is 6.30. The van der Waals surface area contributed by atoms with Crippen LogP contribution in [-0.4, -0.2) is 47.7 Å². The highest BCUT2D eigenvalue weighted by Crippen LogP contribution is 2.31. The fourth-order valence-electron chi connectivity index (χ4n) is 4.26. The summed E-state index contributed by atoms with van der Waals surface area (Å²) < 4.78 is 13.2. The van der Waals surface area contributed by atoms with Gasteiger partial charge in [0.1, 0.15) is 5.82 Å². The van der Waals surface area contributed by atoms with E-state index in [0.717, 1.165) is 38.2 Å². The van der Waals surface area contributed by atoms with Gasteiger partial charge in [-0.25, -0.2) is 4.39 Å². The van der Waals surface area contributed by atoms with Crippen molar-refractivity contribution >= 4 is 23.6 Å². The molecule has 4 rings (SSSR count). The topological polar surface area (TPSA) is 95.6 Å². The van der Waals surface area contributed by atoms with Crippen molar-refractivity contribution in [2.45, 2.75) is 38.1 Å². The van der Waals surface area contributed by atoms with Crippen LogP contribution in [0.1, 0.15) is 73.5 Å².